The third-order valence-electron chi connectivity index (χ3n) is 9.51. The molecule has 1 aromatic heterocycles. The molecule has 6 rings (SSSR count). The first-order chi connectivity index (χ1) is 23.7. The highest BCUT2D eigenvalue weighted by molar-refractivity contribution is 7.17. The number of carbonyl (C=O) groups excluding carboxylic acids is 2. The number of aliphatic carboxylic acids is 1. The number of benzene rings is 3. The summed E-state index contributed by atoms with van der Waals surface area (Å²) in [6, 6.07) is 22.2. The zero-order valence-electron chi connectivity index (χ0n) is 27.4. The van der Waals surface area contributed by atoms with Gasteiger partial charge in [-0.2, -0.15) is 0 Å². The van der Waals surface area contributed by atoms with Gasteiger partial charge in [0.2, 0.25) is 0 Å². The summed E-state index contributed by atoms with van der Waals surface area (Å²) in [5, 5.41) is 24.9. The summed E-state index contributed by atoms with van der Waals surface area (Å²) in [5.74, 6) is -1.95. The second-order valence-electron chi connectivity index (χ2n) is 13.0. The summed E-state index contributed by atoms with van der Waals surface area (Å²) in [7, 11) is 0. The van der Waals surface area contributed by atoms with Crippen LogP contribution in [-0.4, -0.2) is 52.0 Å². The molecule has 3 aromatic carbocycles. The zero-order chi connectivity index (χ0) is 34.3. The van der Waals surface area contributed by atoms with E-state index in [0.717, 1.165) is 91.6 Å². The Morgan fingerprint density at radius 1 is 0.755 bits per heavy atom. The van der Waals surface area contributed by atoms with Crippen molar-refractivity contribution in [3.63, 3.8) is 0 Å². The quantitative estimate of drug-likeness (QED) is 0.123. The summed E-state index contributed by atoms with van der Waals surface area (Å²) >= 11 is 1.49. The van der Waals surface area contributed by atoms with Crippen LogP contribution in [0, 0.1) is 5.92 Å². The molecule has 254 valence electrons. The lowest BCUT2D eigenvalue weighted by Crippen LogP contribution is -2.34. The van der Waals surface area contributed by atoms with E-state index in [-0.39, 0.29) is 29.7 Å². The van der Waals surface area contributed by atoms with E-state index in [1.54, 1.807) is 18.2 Å². The van der Waals surface area contributed by atoms with Crippen molar-refractivity contribution in [3.05, 3.63) is 117 Å². The van der Waals surface area contributed by atoms with E-state index in [4.69, 9.17) is 10.2 Å². The van der Waals surface area contributed by atoms with Crippen molar-refractivity contribution in [3.8, 4) is 0 Å². The Bertz CT molecular complexity index is 1820. The average Bonchev–Trinajstić information content (AvgIpc) is 3.47. The monoisotopic (exact) mass is 679 g/mol. The molecule has 9 nitrogen and oxygen atoms in total. The Morgan fingerprint density at radius 3 is 2.10 bits per heavy atom. The van der Waals surface area contributed by atoms with Crippen LogP contribution < -0.4 is 10.6 Å². The molecule has 2 aliphatic rings. The molecule has 4 aromatic rings. The zero-order valence-corrected chi connectivity index (χ0v) is 28.2. The topological polar surface area (TPSA) is 136 Å². The molecule has 1 aliphatic heterocycles. The van der Waals surface area contributed by atoms with E-state index in [9.17, 15) is 19.2 Å². The molecule has 2 heterocycles. The van der Waals surface area contributed by atoms with E-state index in [1.807, 2.05) is 54.6 Å². The number of nitrogens with zero attached hydrogens (tertiary/aromatic N) is 1. The van der Waals surface area contributed by atoms with Crippen molar-refractivity contribution >= 4 is 45.8 Å². The van der Waals surface area contributed by atoms with E-state index >= 15 is 0 Å². The van der Waals surface area contributed by atoms with Crippen LogP contribution in [0.15, 0.2) is 72.8 Å². The van der Waals surface area contributed by atoms with E-state index in [0.29, 0.717) is 28.4 Å². The molecule has 1 fully saturated rings. The SMILES string of the molecule is O=C(O)CC1CCN(Cc2cccc(C(=O)Nc3sc4c(c3C(=O)Nc3ccc(CCc5ccc(C(=O)O)cc5)cc3)CCCC4)c2)CC1. The molecule has 0 unspecified atom stereocenters. The maximum Gasteiger partial charge on any atom is 0.335 e. The van der Waals surface area contributed by atoms with E-state index in [1.165, 1.54) is 11.3 Å². The van der Waals surface area contributed by atoms with Crippen LogP contribution in [0.4, 0.5) is 10.7 Å². The van der Waals surface area contributed by atoms with Crippen LogP contribution in [-0.2, 0) is 37.0 Å². The Kier molecular flexibility index (Phi) is 10.9. The second-order valence-corrected chi connectivity index (χ2v) is 14.1. The number of rotatable bonds is 12. The molecule has 0 saturated carbocycles. The minimum absolute atomic E-state index is 0.219. The molecule has 10 heteroatoms. The Labute approximate surface area is 290 Å². The maximum absolute atomic E-state index is 13.8. The lowest BCUT2D eigenvalue weighted by molar-refractivity contribution is -0.138. The van der Waals surface area contributed by atoms with Crippen LogP contribution in [0.3, 0.4) is 0 Å². The van der Waals surface area contributed by atoms with Gasteiger partial charge in [-0.25, -0.2) is 4.79 Å². The van der Waals surface area contributed by atoms with E-state index in [2.05, 4.69) is 15.5 Å². The van der Waals surface area contributed by atoms with Crippen LogP contribution >= 0.6 is 11.3 Å². The number of piperidine rings is 1. The predicted molar refractivity (Wildman–Crippen MR) is 191 cm³/mol. The van der Waals surface area contributed by atoms with Gasteiger partial charge in [-0.1, -0.05) is 36.4 Å². The number of carboxylic acids is 2. The fourth-order valence-corrected chi connectivity index (χ4v) is 8.07. The van der Waals surface area contributed by atoms with Crippen LogP contribution in [0.25, 0.3) is 0 Å². The second kappa shape index (κ2) is 15.6. The number of aryl methyl sites for hydroxylation is 3. The number of hydrogen-bond donors (Lipinski definition) is 4. The summed E-state index contributed by atoms with van der Waals surface area (Å²) < 4.78 is 0. The van der Waals surface area contributed by atoms with Gasteiger partial charge >= 0.3 is 11.9 Å². The molecular weight excluding hydrogens is 639 g/mol. The lowest BCUT2D eigenvalue weighted by Gasteiger charge is -2.31. The number of carboxylic acid groups (broad SMARTS) is 2. The summed E-state index contributed by atoms with van der Waals surface area (Å²) in [4.78, 5) is 53.0. The van der Waals surface area contributed by atoms with Gasteiger partial charge in [-0.3, -0.25) is 19.3 Å². The van der Waals surface area contributed by atoms with Gasteiger partial charge in [0.15, 0.2) is 0 Å². The number of carbonyl (C=O) groups is 4. The number of amides is 2. The summed E-state index contributed by atoms with van der Waals surface area (Å²) in [6.07, 6.45) is 7.24. The number of anilines is 2. The maximum atomic E-state index is 13.8. The first-order valence-corrected chi connectivity index (χ1v) is 17.7. The van der Waals surface area contributed by atoms with Crippen molar-refractivity contribution in [2.45, 2.75) is 64.3 Å². The van der Waals surface area contributed by atoms with Gasteiger partial charge in [0.25, 0.3) is 11.8 Å². The number of hydrogen-bond acceptors (Lipinski definition) is 6. The van der Waals surface area contributed by atoms with Crippen molar-refractivity contribution in [2.24, 2.45) is 5.92 Å². The van der Waals surface area contributed by atoms with Crippen molar-refractivity contribution in [1.82, 2.24) is 4.90 Å². The molecule has 1 saturated heterocycles. The van der Waals surface area contributed by atoms with Crippen molar-refractivity contribution in [1.29, 1.82) is 0 Å². The lowest BCUT2D eigenvalue weighted by atomic mass is 9.93. The Morgan fingerprint density at radius 2 is 1.43 bits per heavy atom. The van der Waals surface area contributed by atoms with Gasteiger partial charge in [0.05, 0.1) is 11.1 Å². The Balaban J connectivity index is 1.09. The standard InChI is InChI=1S/C39H41N3O6S/c43-34(44)23-27-18-20-42(21-19-27)24-28-4-3-5-30(22-28)36(45)41-38-35(32-6-1-2-7-33(32)49-38)37(46)40-31-16-12-26(13-17-31)9-8-25-10-14-29(15-11-25)39(47)48/h3-5,10-17,22,27H,1-2,6-9,18-21,23-24H2,(H,40,46)(H,41,45)(H,43,44)(H,47,48). The number of thiophene rings is 1. The van der Waals surface area contributed by atoms with Crippen LogP contribution in [0.2, 0.25) is 0 Å². The number of nitrogens with one attached hydrogen (secondary N) is 2. The molecule has 49 heavy (non-hydrogen) atoms. The fourth-order valence-electron chi connectivity index (χ4n) is 6.79. The number of aromatic carboxylic acids is 1. The van der Waals surface area contributed by atoms with Crippen molar-refractivity contribution < 1.29 is 29.4 Å². The largest absolute Gasteiger partial charge is 0.481 e. The summed E-state index contributed by atoms with van der Waals surface area (Å²) in [6.45, 7) is 2.36. The van der Waals surface area contributed by atoms with Gasteiger partial charge in [0, 0.05) is 29.1 Å². The molecule has 0 atom stereocenters. The number of fused-ring (bicyclic) bond motifs is 1. The third kappa shape index (κ3) is 8.82. The summed E-state index contributed by atoms with van der Waals surface area (Å²) in [5.41, 5.74) is 6.22. The van der Waals surface area contributed by atoms with Gasteiger partial charge in [0.1, 0.15) is 5.00 Å². The highest BCUT2D eigenvalue weighted by atomic mass is 32.1. The average molecular weight is 680 g/mol. The fraction of sp³-hybridized carbons (Fsp3) is 0.333. The smallest absolute Gasteiger partial charge is 0.335 e. The molecular formula is C39H41N3O6S. The van der Waals surface area contributed by atoms with Gasteiger partial charge < -0.3 is 20.8 Å². The van der Waals surface area contributed by atoms with Crippen LogP contribution in [0.1, 0.15) is 90.3 Å². The first-order valence-electron chi connectivity index (χ1n) is 16.9. The molecule has 0 radical (unpaired) electrons. The van der Waals surface area contributed by atoms with Gasteiger partial charge in [-0.05, 0) is 129 Å². The molecule has 0 bridgehead atoms. The third-order valence-corrected chi connectivity index (χ3v) is 10.7. The number of likely N-dealkylation sites (tertiary alicyclic amines) is 1. The molecule has 4 N–H and O–H groups in total. The predicted octanol–water partition coefficient (Wildman–Crippen LogP) is 7.30. The minimum Gasteiger partial charge on any atom is -0.481 e. The highest BCUT2D eigenvalue weighted by Gasteiger charge is 2.27. The highest BCUT2D eigenvalue weighted by Crippen LogP contribution is 2.39. The van der Waals surface area contributed by atoms with E-state index < -0.39 is 11.9 Å². The normalized spacial score (nSPS) is 14.9. The van der Waals surface area contributed by atoms with Gasteiger partial charge in [-0.15, -0.1) is 11.3 Å². The molecule has 0 spiro atoms. The van der Waals surface area contributed by atoms with Crippen LogP contribution in [0.5, 0.6) is 0 Å². The molecule has 1 aliphatic carbocycles. The Hall–Kier alpha value is -4.80. The molecule has 2 amide bonds. The van der Waals surface area contributed by atoms with Crippen molar-refractivity contribution in [2.75, 3.05) is 23.7 Å². The first kappa shape index (κ1) is 34.1. The minimum atomic E-state index is -0.938.